The van der Waals surface area contributed by atoms with Gasteiger partial charge in [0.2, 0.25) is 5.91 Å². The lowest BCUT2D eigenvalue weighted by atomic mass is 10.00. The van der Waals surface area contributed by atoms with Gasteiger partial charge in [-0.25, -0.2) is 0 Å². The van der Waals surface area contributed by atoms with E-state index in [1.54, 1.807) is 7.11 Å². The second-order valence-corrected chi connectivity index (χ2v) is 4.44. The Hall–Kier alpha value is -2.29. The minimum absolute atomic E-state index is 0.0652. The Morgan fingerprint density at radius 2 is 1.79 bits per heavy atom. The summed E-state index contributed by atoms with van der Waals surface area (Å²) in [4.78, 5) is 11.1. The smallest absolute Gasteiger partial charge is 0.221 e. The highest BCUT2D eigenvalue weighted by Gasteiger charge is 2.05. The van der Waals surface area contributed by atoms with Gasteiger partial charge in [0.15, 0.2) is 0 Å². The number of aryl methyl sites for hydroxylation is 1. The van der Waals surface area contributed by atoms with Crippen molar-refractivity contribution in [2.75, 3.05) is 12.4 Å². The second-order valence-electron chi connectivity index (χ2n) is 4.44. The lowest BCUT2D eigenvalue weighted by molar-refractivity contribution is -0.114. The van der Waals surface area contributed by atoms with Gasteiger partial charge in [-0.05, 0) is 47.9 Å². The number of ether oxygens (including phenoxy) is 1. The molecule has 2 aromatic carbocycles. The summed E-state index contributed by atoms with van der Waals surface area (Å²) >= 11 is 0. The van der Waals surface area contributed by atoms with Crippen LogP contribution >= 0.6 is 0 Å². The monoisotopic (exact) mass is 255 g/mol. The highest BCUT2D eigenvalue weighted by molar-refractivity contribution is 5.89. The van der Waals surface area contributed by atoms with E-state index in [0.29, 0.717) is 0 Å². The molecule has 0 atom stereocenters. The summed E-state index contributed by atoms with van der Waals surface area (Å²) < 4.78 is 5.15. The molecule has 0 fully saturated rings. The molecule has 0 heterocycles. The molecule has 19 heavy (non-hydrogen) atoms. The van der Waals surface area contributed by atoms with Crippen molar-refractivity contribution < 1.29 is 9.53 Å². The van der Waals surface area contributed by atoms with E-state index < -0.39 is 0 Å². The summed E-state index contributed by atoms with van der Waals surface area (Å²) in [5.41, 5.74) is 4.18. The van der Waals surface area contributed by atoms with E-state index in [9.17, 15) is 4.79 Å². The van der Waals surface area contributed by atoms with Crippen molar-refractivity contribution in [3.05, 3.63) is 48.0 Å². The fourth-order valence-corrected chi connectivity index (χ4v) is 1.98. The summed E-state index contributed by atoms with van der Waals surface area (Å²) in [7, 11) is 1.65. The van der Waals surface area contributed by atoms with Gasteiger partial charge in [-0.2, -0.15) is 0 Å². The number of nitrogens with one attached hydrogen (secondary N) is 1. The summed E-state index contributed by atoms with van der Waals surface area (Å²) in [6.45, 7) is 3.56. The number of rotatable bonds is 3. The van der Waals surface area contributed by atoms with E-state index in [1.807, 2.05) is 42.5 Å². The van der Waals surface area contributed by atoms with E-state index >= 15 is 0 Å². The quantitative estimate of drug-likeness (QED) is 0.909. The van der Waals surface area contributed by atoms with Gasteiger partial charge in [0, 0.05) is 12.6 Å². The number of hydrogen-bond acceptors (Lipinski definition) is 2. The fourth-order valence-electron chi connectivity index (χ4n) is 1.98. The molecule has 0 saturated carbocycles. The van der Waals surface area contributed by atoms with Crippen molar-refractivity contribution in [1.29, 1.82) is 0 Å². The van der Waals surface area contributed by atoms with Crippen LogP contribution in [0.3, 0.4) is 0 Å². The molecule has 0 radical (unpaired) electrons. The third kappa shape index (κ3) is 3.13. The zero-order chi connectivity index (χ0) is 13.8. The van der Waals surface area contributed by atoms with Crippen molar-refractivity contribution in [3.8, 4) is 16.9 Å². The molecule has 0 aliphatic heterocycles. The van der Waals surface area contributed by atoms with Crippen LogP contribution in [-0.4, -0.2) is 13.0 Å². The molecule has 1 N–H and O–H groups in total. The van der Waals surface area contributed by atoms with Gasteiger partial charge in [-0.15, -0.1) is 0 Å². The molecule has 2 aromatic rings. The highest BCUT2D eigenvalue weighted by Crippen LogP contribution is 2.28. The summed E-state index contributed by atoms with van der Waals surface area (Å²) in [5, 5.41) is 2.80. The maximum absolute atomic E-state index is 11.1. The highest BCUT2D eigenvalue weighted by atomic mass is 16.5. The fraction of sp³-hybridized carbons (Fsp3) is 0.188. The lowest BCUT2D eigenvalue weighted by Gasteiger charge is -2.10. The summed E-state index contributed by atoms with van der Waals surface area (Å²) in [6, 6.07) is 13.8. The number of hydrogen-bond donors (Lipinski definition) is 1. The van der Waals surface area contributed by atoms with Crippen molar-refractivity contribution >= 4 is 11.6 Å². The number of anilines is 1. The SMILES string of the molecule is COc1ccc(-c2cc(NC(C)=O)ccc2C)cc1. The van der Waals surface area contributed by atoms with E-state index in [0.717, 1.165) is 22.6 Å². The molecule has 0 aromatic heterocycles. The van der Waals surface area contributed by atoms with E-state index in [-0.39, 0.29) is 5.91 Å². The minimum Gasteiger partial charge on any atom is -0.497 e. The maximum Gasteiger partial charge on any atom is 0.221 e. The predicted octanol–water partition coefficient (Wildman–Crippen LogP) is 3.63. The lowest BCUT2D eigenvalue weighted by Crippen LogP contribution is -2.05. The van der Waals surface area contributed by atoms with E-state index in [2.05, 4.69) is 12.2 Å². The zero-order valence-electron chi connectivity index (χ0n) is 11.4. The molecule has 0 bridgehead atoms. The molecule has 3 nitrogen and oxygen atoms in total. The van der Waals surface area contributed by atoms with E-state index in [1.165, 1.54) is 12.5 Å². The van der Waals surface area contributed by atoms with Gasteiger partial charge in [0.05, 0.1) is 7.11 Å². The molecule has 1 amide bonds. The first-order valence-electron chi connectivity index (χ1n) is 6.13. The Kier molecular flexibility index (Phi) is 3.85. The number of methoxy groups -OCH3 is 1. The standard InChI is InChI=1S/C16H17NO2/c1-11-4-7-14(17-12(2)18)10-16(11)13-5-8-15(19-3)9-6-13/h4-10H,1-3H3,(H,17,18). The first-order chi connectivity index (χ1) is 9.10. The van der Waals surface area contributed by atoms with Gasteiger partial charge in [-0.3, -0.25) is 4.79 Å². The minimum atomic E-state index is -0.0652. The van der Waals surface area contributed by atoms with Crippen molar-refractivity contribution in [2.24, 2.45) is 0 Å². The Morgan fingerprint density at radius 1 is 1.11 bits per heavy atom. The first-order valence-corrected chi connectivity index (χ1v) is 6.13. The van der Waals surface area contributed by atoms with Gasteiger partial charge in [-0.1, -0.05) is 18.2 Å². The molecule has 0 spiro atoms. The van der Waals surface area contributed by atoms with Gasteiger partial charge < -0.3 is 10.1 Å². The maximum atomic E-state index is 11.1. The van der Waals surface area contributed by atoms with Gasteiger partial charge in [0.1, 0.15) is 5.75 Å². The van der Waals surface area contributed by atoms with Crippen LogP contribution in [0.25, 0.3) is 11.1 Å². The Morgan fingerprint density at radius 3 is 2.37 bits per heavy atom. The Balaban J connectivity index is 2.39. The normalized spacial score (nSPS) is 10.1. The van der Waals surface area contributed by atoms with Gasteiger partial charge >= 0.3 is 0 Å². The second kappa shape index (κ2) is 5.57. The molecule has 0 saturated heterocycles. The number of carbonyl (C=O) groups is 1. The summed E-state index contributed by atoms with van der Waals surface area (Å²) in [6.07, 6.45) is 0. The average molecular weight is 255 g/mol. The van der Waals surface area contributed by atoms with Crippen LogP contribution in [0.5, 0.6) is 5.75 Å². The van der Waals surface area contributed by atoms with Crippen LogP contribution in [0.15, 0.2) is 42.5 Å². The van der Waals surface area contributed by atoms with E-state index in [4.69, 9.17) is 4.74 Å². The molecule has 2 rings (SSSR count). The van der Waals surface area contributed by atoms with Crippen LogP contribution in [0.4, 0.5) is 5.69 Å². The molecule has 0 unspecified atom stereocenters. The molecule has 0 aliphatic rings. The van der Waals surface area contributed by atoms with Crippen LogP contribution in [0, 0.1) is 6.92 Å². The Labute approximate surface area is 113 Å². The molecular formula is C16H17NO2. The van der Waals surface area contributed by atoms with Crippen molar-refractivity contribution in [1.82, 2.24) is 0 Å². The van der Waals surface area contributed by atoms with Crippen molar-refractivity contribution in [3.63, 3.8) is 0 Å². The molecule has 98 valence electrons. The van der Waals surface area contributed by atoms with Crippen LogP contribution in [0.2, 0.25) is 0 Å². The third-order valence-corrected chi connectivity index (χ3v) is 2.96. The summed E-state index contributed by atoms with van der Waals surface area (Å²) in [5.74, 6) is 0.768. The molecule has 3 heteroatoms. The average Bonchev–Trinajstić information content (AvgIpc) is 2.40. The Bertz CT molecular complexity index is 588. The molecular weight excluding hydrogens is 238 g/mol. The number of amides is 1. The van der Waals surface area contributed by atoms with Crippen molar-refractivity contribution in [2.45, 2.75) is 13.8 Å². The first kappa shape index (κ1) is 13.1. The number of carbonyl (C=O) groups excluding carboxylic acids is 1. The predicted molar refractivity (Wildman–Crippen MR) is 77.5 cm³/mol. The third-order valence-electron chi connectivity index (χ3n) is 2.96. The number of benzene rings is 2. The topological polar surface area (TPSA) is 38.3 Å². The van der Waals surface area contributed by atoms with Crippen LogP contribution in [0.1, 0.15) is 12.5 Å². The van der Waals surface area contributed by atoms with Gasteiger partial charge in [0.25, 0.3) is 0 Å². The van der Waals surface area contributed by atoms with Crippen LogP contribution in [-0.2, 0) is 4.79 Å². The van der Waals surface area contributed by atoms with Crippen LogP contribution < -0.4 is 10.1 Å². The molecule has 0 aliphatic carbocycles. The zero-order valence-corrected chi connectivity index (χ0v) is 11.4. The largest absolute Gasteiger partial charge is 0.497 e.